The van der Waals surface area contributed by atoms with Gasteiger partial charge in [-0.1, -0.05) is 26.3 Å². The molecule has 3 heteroatoms. The molecule has 100 valence electrons. The number of hydrogen-bond acceptors (Lipinski definition) is 2. The lowest BCUT2D eigenvalue weighted by Gasteiger charge is -2.14. The van der Waals surface area contributed by atoms with E-state index in [-0.39, 0.29) is 5.91 Å². The number of nitrogens with one attached hydrogen (secondary N) is 2. The number of carbonyl (C=O) groups is 1. The summed E-state index contributed by atoms with van der Waals surface area (Å²) in [4.78, 5) is 11.8. The highest BCUT2D eigenvalue weighted by atomic mass is 16.1. The Morgan fingerprint density at radius 2 is 2.06 bits per heavy atom. The van der Waals surface area contributed by atoms with E-state index in [9.17, 15) is 4.79 Å². The molecule has 1 unspecified atom stereocenters. The van der Waals surface area contributed by atoms with Crippen molar-refractivity contribution in [1.82, 2.24) is 5.32 Å². The maximum Gasteiger partial charge on any atom is 0.251 e. The van der Waals surface area contributed by atoms with Gasteiger partial charge >= 0.3 is 0 Å². The first-order valence-corrected chi connectivity index (χ1v) is 6.71. The predicted octanol–water partition coefficient (Wildman–Crippen LogP) is 3.20. The molecule has 0 aliphatic heterocycles. The van der Waals surface area contributed by atoms with Crippen LogP contribution in [0, 0.1) is 12.8 Å². The molecule has 0 bridgehead atoms. The molecule has 1 atom stereocenters. The molecule has 1 amide bonds. The second kappa shape index (κ2) is 7.04. The van der Waals surface area contributed by atoms with Crippen molar-refractivity contribution in [2.75, 3.05) is 18.4 Å². The van der Waals surface area contributed by atoms with Crippen LogP contribution in [0.25, 0.3) is 0 Å². The zero-order chi connectivity index (χ0) is 13.5. The molecule has 0 fully saturated rings. The topological polar surface area (TPSA) is 41.1 Å². The average Bonchev–Trinajstić information content (AvgIpc) is 2.37. The van der Waals surface area contributed by atoms with Gasteiger partial charge in [0, 0.05) is 24.3 Å². The molecule has 1 aromatic carbocycles. The van der Waals surface area contributed by atoms with Crippen LogP contribution in [0.1, 0.15) is 43.1 Å². The molecule has 0 radical (unpaired) electrons. The van der Waals surface area contributed by atoms with Gasteiger partial charge in [-0.05, 0) is 37.5 Å². The van der Waals surface area contributed by atoms with Crippen molar-refractivity contribution < 1.29 is 4.79 Å². The molecule has 0 heterocycles. The molecular formula is C15H24N2O. The summed E-state index contributed by atoms with van der Waals surface area (Å²) in [7, 11) is 0. The van der Waals surface area contributed by atoms with E-state index in [0.717, 1.165) is 18.7 Å². The summed E-state index contributed by atoms with van der Waals surface area (Å²) in [5, 5.41) is 6.24. The minimum atomic E-state index is -0.0101. The second-order valence-corrected chi connectivity index (χ2v) is 4.78. The Kier molecular flexibility index (Phi) is 5.69. The minimum Gasteiger partial charge on any atom is -0.385 e. The largest absolute Gasteiger partial charge is 0.385 e. The van der Waals surface area contributed by atoms with Gasteiger partial charge in [-0.3, -0.25) is 4.79 Å². The summed E-state index contributed by atoms with van der Waals surface area (Å²) in [6.45, 7) is 9.98. The van der Waals surface area contributed by atoms with E-state index in [4.69, 9.17) is 0 Å². The molecule has 1 aromatic rings. The highest BCUT2D eigenvalue weighted by Crippen LogP contribution is 2.17. The second-order valence-electron chi connectivity index (χ2n) is 4.78. The fourth-order valence-electron chi connectivity index (χ4n) is 1.64. The minimum absolute atomic E-state index is 0.0101. The first kappa shape index (κ1) is 14.6. The number of carbonyl (C=O) groups excluding carboxylic acids is 1. The van der Waals surface area contributed by atoms with Gasteiger partial charge in [0.2, 0.25) is 0 Å². The highest BCUT2D eigenvalue weighted by Gasteiger charge is 2.07. The Labute approximate surface area is 110 Å². The Bertz CT molecular complexity index is 401. The van der Waals surface area contributed by atoms with Crippen LogP contribution in [-0.2, 0) is 0 Å². The molecule has 0 saturated heterocycles. The van der Waals surface area contributed by atoms with E-state index in [1.165, 1.54) is 5.56 Å². The third-order valence-corrected chi connectivity index (χ3v) is 3.17. The van der Waals surface area contributed by atoms with Gasteiger partial charge in [0.15, 0.2) is 0 Å². The van der Waals surface area contributed by atoms with Crippen molar-refractivity contribution in [3.8, 4) is 0 Å². The Morgan fingerprint density at radius 1 is 1.33 bits per heavy atom. The van der Waals surface area contributed by atoms with Crippen LogP contribution in [0.2, 0.25) is 0 Å². The quantitative estimate of drug-likeness (QED) is 0.811. The first-order chi connectivity index (χ1) is 8.58. The lowest BCUT2D eigenvalue weighted by atomic mass is 10.1. The number of rotatable bonds is 6. The number of hydrogen-bond donors (Lipinski definition) is 2. The van der Waals surface area contributed by atoms with Gasteiger partial charge in [0.25, 0.3) is 5.91 Å². The Morgan fingerprint density at radius 3 is 2.67 bits per heavy atom. The van der Waals surface area contributed by atoms with E-state index in [0.29, 0.717) is 18.0 Å². The predicted molar refractivity (Wildman–Crippen MR) is 77.1 cm³/mol. The molecule has 18 heavy (non-hydrogen) atoms. The first-order valence-electron chi connectivity index (χ1n) is 6.71. The van der Waals surface area contributed by atoms with E-state index >= 15 is 0 Å². The molecule has 2 N–H and O–H groups in total. The SMILES string of the molecule is CCNC(=O)c1ccc(C)c(NCC(C)CC)c1. The molecule has 1 rings (SSSR count). The molecule has 0 spiro atoms. The fraction of sp³-hybridized carbons (Fsp3) is 0.533. The van der Waals surface area contributed by atoms with E-state index in [1.807, 2.05) is 25.1 Å². The number of benzene rings is 1. The summed E-state index contributed by atoms with van der Waals surface area (Å²) >= 11 is 0. The van der Waals surface area contributed by atoms with Crippen LogP contribution < -0.4 is 10.6 Å². The van der Waals surface area contributed by atoms with Crippen LogP contribution in [-0.4, -0.2) is 19.0 Å². The summed E-state index contributed by atoms with van der Waals surface area (Å²) in [6.07, 6.45) is 1.15. The van der Waals surface area contributed by atoms with E-state index in [2.05, 4.69) is 31.4 Å². The van der Waals surface area contributed by atoms with Gasteiger partial charge < -0.3 is 10.6 Å². The summed E-state index contributed by atoms with van der Waals surface area (Å²) in [6, 6.07) is 5.79. The normalized spacial score (nSPS) is 12.0. The molecule has 0 aromatic heterocycles. The third-order valence-electron chi connectivity index (χ3n) is 3.17. The van der Waals surface area contributed by atoms with Crippen molar-refractivity contribution in [3.63, 3.8) is 0 Å². The molecular weight excluding hydrogens is 224 g/mol. The van der Waals surface area contributed by atoms with Crippen LogP contribution in [0.4, 0.5) is 5.69 Å². The lowest BCUT2D eigenvalue weighted by molar-refractivity contribution is 0.0956. The van der Waals surface area contributed by atoms with Crippen LogP contribution in [0.15, 0.2) is 18.2 Å². The summed E-state index contributed by atoms with van der Waals surface area (Å²) in [5.41, 5.74) is 2.94. The van der Waals surface area contributed by atoms with Gasteiger partial charge in [-0.2, -0.15) is 0 Å². The average molecular weight is 248 g/mol. The van der Waals surface area contributed by atoms with Crippen LogP contribution >= 0.6 is 0 Å². The van der Waals surface area contributed by atoms with Gasteiger partial charge in [-0.25, -0.2) is 0 Å². The monoisotopic (exact) mass is 248 g/mol. The third kappa shape index (κ3) is 4.06. The van der Waals surface area contributed by atoms with Gasteiger partial charge in [-0.15, -0.1) is 0 Å². The van der Waals surface area contributed by atoms with Crippen molar-refractivity contribution in [2.45, 2.75) is 34.1 Å². The lowest BCUT2D eigenvalue weighted by Crippen LogP contribution is -2.23. The van der Waals surface area contributed by atoms with Gasteiger partial charge in [0.1, 0.15) is 0 Å². The van der Waals surface area contributed by atoms with Crippen molar-refractivity contribution >= 4 is 11.6 Å². The number of anilines is 1. The Hall–Kier alpha value is -1.51. The zero-order valence-corrected chi connectivity index (χ0v) is 11.8. The molecule has 0 aliphatic rings. The summed E-state index contributed by atoms with van der Waals surface area (Å²) < 4.78 is 0. The highest BCUT2D eigenvalue weighted by molar-refractivity contribution is 5.95. The maximum atomic E-state index is 11.8. The van der Waals surface area contributed by atoms with Crippen LogP contribution in [0.3, 0.4) is 0 Å². The molecule has 3 nitrogen and oxygen atoms in total. The summed E-state index contributed by atoms with van der Waals surface area (Å²) in [5.74, 6) is 0.626. The number of amides is 1. The molecule has 0 aliphatic carbocycles. The van der Waals surface area contributed by atoms with E-state index in [1.54, 1.807) is 0 Å². The van der Waals surface area contributed by atoms with Crippen molar-refractivity contribution in [2.24, 2.45) is 5.92 Å². The smallest absolute Gasteiger partial charge is 0.251 e. The fourth-order valence-corrected chi connectivity index (χ4v) is 1.64. The zero-order valence-electron chi connectivity index (χ0n) is 11.8. The van der Waals surface area contributed by atoms with Crippen LogP contribution in [0.5, 0.6) is 0 Å². The van der Waals surface area contributed by atoms with E-state index < -0.39 is 0 Å². The van der Waals surface area contributed by atoms with Crippen molar-refractivity contribution in [1.29, 1.82) is 0 Å². The maximum absolute atomic E-state index is 11.8. The standard InChI is InChI=1S/C15H24N2O/c1-5-11(3)10-17-14-9-13(8-7-12(14)4)15(18)16-6-2/h7-9,11,17H,5-6,10H2,1-4H3,(H,16,18). The Balaban J connectivity index is 2.78. The number of aryl methyl sites for hydroxylation is 1. The molecule has 0 saturated carbocycles. The van der Waals surface area contributed by atoms with Gasteiger partial charge in [0.05, 0.1) is 0 Å². The van der Waals surface area contributed by atoms with Crippen molar-refractivity contribution in [3.05, 3.63) is 29.3 Å².